The molecule has 0 aliphatic carbocycles. The van der Waals surface area contributed by atoms with E-state index in [9.17, 15) is 14.7 Å². The predicted molar refractivity (Wildman–Crippen MR) is 134 cm³/mol. The highest BCUT2D eigenvalue weighted by Crippen LogP contribution is 2.42. The Morgan fingerprint density at radius 1 is 1.20 bits per heavy atom. The van der Waals surface area contributed by atoms with Crippen LogP contribution in [0.3, 0.4) is 0 Å². The van der Waals surface area contributed by atoms with Gasteiger partial charge in [0.1, 0.15) is 0 Å². The summed E-state index contributed by atoms with van der Waals surface area (Å²) in [4.78, 5) is 25.0. The summed E-state index contributed by atoms with van der Waals surface area (Å²) < 4.78 is 18.9. The lowest BCUT2D eigenvalue weighted by Gasteiger charge is -2.32. The Morgan fingerprint density at radius 2 is 2.03 bits per heavy atom. The first-order chi connectivity index (χ1) is 17.0. The number of ether oxygens (including phenoxy) is 3. The molecule has 2 aliphatic heterocycles. The third-order valence-corrected chi connectivity index (χ3v) is 7.32. The van der Waals surface area contributed by atoms with Gasteiger partial charge >= 0.3 is 5.97 Å². The maximum absolute atomic E-state index is 13.2. The maximum atomic E-state index is 13.2. The van der Waals surface area contributed by atoms with Gasteiger partial charge in [0.2, 0.25) is 0 Å². The molecule has 3 heterocycles. The van der Waals surface area contributed by atoms with Gasteiger partial charge in [-0.25, -0.2) is 0 Å². The van der Waals surface area contributed by atoms with Crippen LogP contribution in [0.25, 0.3) is 11.3 Å². The summed E-state index contributed by atoms with van der Waals surface area (Å²) in [5.41, 5.74) is 3.64. The van der Waals surface area contributed by atoms with Crippen LogP contribution in [0, 0.1) is 11.8 Å². The van der Waals surface area contributed by atoms with Crippen molar-refractivity contribution in [2.45, 2.75) is 45.1 Å². The number of hydrogen-bond donors (Lipinski definition) is 2. The summed E-state index contributed by atoms with van der Waals surface area (Å²) >= 11 is 0. The average molecular weight is 485 g/mol. The number of aliphatic carboxylic acids is 1. The Morgan fingerprint density at radius 3 is 2.74 bits per heavy atom. The molecule has 35 heavy (non-hydrogen) atoms. The van der Waals surface area contributed by atoms with Crippen LogP contribution in [0.2, 0.25) is 0 Å². The van der Waals surface area contributed by atoms with E-state index in [1.807, 2.05) is 18.3 Å². The summed E-state index contributed by atoms with van der Waals surface area (Å²) in [6, 6.07) is 5.92. The second-order valence-electron chi connectivity index (χ2n) is 9.48. The number of nitrogens with one attached hydrogen (secondary N) is 1. The largest absolute Gasteiger partial charge is 0.493 e. The molecular formula is C27H36N2O6. The number of carboxylic acid groups (broad SMARTS) is 1. The van der Waals surface area contributed by atoms with Gasteiger partial charge in [-0.3, -0.25) is 9.59 Å². The van der Waals surface area contributed by atoms with Crippen LogP contribution in [-0.4, -0.2) is 56.2 Å². The lowest BCUT2D eigenvalue weighted by atomic mass is 9.82. The Hall–Kier alpha value is -2.84. The van der Waals surface area contributed by atoms with Crippen LogP contribution < -0.4 is 20.2 Å². The minimum absolute atomic E-state index is 0.0412. The Kier molecular flexibility index (Phi) is 8.13. The molecule has 2 N–H and O–H groups in total. The predicted octanol–water partition coefficient (Wildman–Crippen LogP) is 3.30. The van der Waals surface area contributed by atoms with E-state index in [-0.39, 0.29) is 17.4 Å². The van der Waals surface area contributed by atoms with Gasteiger partial charge in [0.25, 0.3) is 0 Å². The number of carbonyl (C=O) groups is 1. The van der Waals surface area contributed by atoms with Gasteiger partial charge in [-0.1, -0.05) is 6.92 Å². The molecule has 0 amide bonds. The second-order valence-corrected chi connectivity index (χ2v) is 9.48. The van der Waals surface area contributed by atoms with Crippen molar-refractivity contribution in [3.8, 4) is 22.8 Å². The number of pyridine rings is 1. The van der Waals surface area contributed by atoms with E-state index in [0.29, 0.717) is 43.2 Å². The summed E-state index contributed by atoms with van der Waals surface area (Å²) in [7, 11) is 3.29. The highest BCUT2D eigenvalue weighted by atomic mass is 16.5. The molecule has 3 atom stereocenters. The molecular weight excluding hydrogens is 448 g/mol. The molecule has 0 radical (unpaired) electrons. The van der Waals surface area contributed by atoms with Crippen LogP contribution in [0.15, 0.2) is 29.2 Å². The number of nitrogens with zero attached hydrogens (tertiary/aromatic N) is 1. The molecule has 0 saturated carbocycles. The van der Waals surface area contributed by atoms with Crippen LogP contribution >= 0.6 is 0 Å². The van der Waals surface area contributed by atoms with E-state index < -0.39 is 11.9 Å². The first-order valence-electron chi connectivity index (χ1n) is 12.5. The molecule has 2 aromatic rings. The van der Waals surface area contributed by atoms with Gasteiger partial charge in [0, 0.05) is 56.1 Å². The van der Waals surface area contributed by atoms with Crippen molar-refractivity contribution < 1.29 is 24.1 Å². The first-order valence-corrected chi connectivity index (χ1v) is 12.5. The molecule has 1 fully saturated rings. The normalized spacial score (nSPS) is 21.2. The zero-order valence-corrected chi connectivity index (χ0v) is 20.8. The summed E-state index contributed by atoms with van der Waals surface area (Å²) in [6.07, 6.45) is 5.73. The van der Waals surface area contributed by atoms with E-state index in [1.165, 1.54) is 0 Å². The van der Waals surface area contributed by atoms with Crippen LogP contribution in [0.1, 0.15) is 43.4 Å². The number of benzene rings is 1. The van der Waals surface area contributed by atoms with Gasteiger partial charge in [-0.05, 0) is 55.8 Å². The Labute approximate surface area is 206 Å². The van der Waals surface area contributed by atoms with Gasteiger partial charge in [-0.15, -0.1) is 0 Å². The lowest BCUT2D eigenvalue weighted by Crippen LogP contribution is -2.42. The van der Waals surface area contributed by atoms with Gasteiger partial charge < -0.3 is 29.2 Å². The molecule has 3 unspecified atom stereocenters. The molecule has 2 aliphatic rings. The zero-order chi connectivity index (χ0) is 24.9. The number of piperidine rings is 1. The number of rotatable bonds is 10. The highest BCUT2D eigenvalue weighted by Gasteiger charge is 2.32. The first kappa shape index (κ1) is 25.3. The Balaban J connectivity index is 1.68. The van der Waals surface area contributed by atoms with E-state index in [1.54, 1.807) is 20.3 Å². The fourth-order valence-electron chi connectivity index (χ4n) is 5.35. The quantitative estimate of drug-likeness (QED) is 0.499. The smallest absolute Gasteiger partial charge is 0.308 e. The van der Waals surface area contributed by atoms with E-state index in [0.717, 1.165) is 49.0 Å². The van der Waals surface area contributed by atoms with Gasteiger partial charge in [0.15, 0.2) is 16.9 Å². The maximum Gasteiger partial charge on any atom is 0.308 e. The van der Waals surface area contributed by atoms with E-state index >= 15 is 0 Å². The number of hydrogen-bond acceptors (Lipinski definition) is 6. The monoisotopic (exact) mass is 484 g/mol. The minimum atomic E-state index is -0.798. The molecule has 1 saturated heterocycles. The van der Waals surface area contributed by atoms with Crippen molar-refractivity contribution >= 4 is 5.97 Å². The number of aromatic nitrogens is 1. The van der Waals surface area contributed by atoms with Crippen molar-refractivity contribution in [2.75, 3.05) is 40.5 Å². The SMILES string of the molecule is CCC1Cc2cc(OCCCOC)c(OC)cc2-c2cc(=O)c(CC3CCNCC3C(=O)O)cn21. The standard InChI is InChI=1S/C27H36N2O6/c1-4-20-11-18-12-26(35-9-5-8-33-2)25(34-3)13-21(18)23-14-24(30)19(16-29(20)23)10-17-6-7-28-15-22(17)27(31)32/h12-14,16-17,20,22,28H,4-11,15H2,1-3H3,(H,31,32). The second kappa shape index (κ2) is 11.3. The third-order valence-electron chi connectivity index (χ3n) is 7.32. The molecule has 0 spiro atoms. The number of fused-ring (bicyclic) bond motifs is 3. The molecule has 8 nitrogen and oxygen atoms in total. The fourth-order valence-corrected chi connectivity index (χ4v) is 5.35. The molecule has 8 heteroatoms. The van der Waals surface area contributed by atoms with Crippen molar-refractivity contribution in [1.82, 2.24) is 9.88 Å². The average Bonchev–Trinajstić information content (AvgIpc) is 2.86. The van der Waals surface area contributed by atoms with E-state index in [2.05, 4.69) is 16.8 Å². The molecule has 0 bridgehead atoms. The zero-order valence-electron chi connectivity index (χ0n) is 20.8. The summed E-state index contributed by atoms with van der Waals surface area (Å²) in [6.45, 7) is 4.55. The number of methoxy groups -OCH3 is 2. The van der Waals surface area contributed by atoms with Crippen LogP contribution in [0.5, 0.6) is 11.5 Å². The molecule has 1 aromatic heterocycles. The van der Waals surface area contributed by atoms with Crippen molar-refractivity contribution in [1.29, 1.82) is 0 Å². The molecule has 190 valence electrons. The summed E-state index contributed by atoms with van der Waals surface area (Å²) in [5.74, 6) is 0.0221. The van der Waals surface area contributed by atoms with Crippen LogP contribution in [-0.2, 0) is 22.4 Å². The van der Waals surface area contributed by atoms with Crippen LogP contribution in [0.4, 0.5) is 0 Å². The van der Waals surface area contributed by atoms with E-state index in [4.69, 9.17) is 14.2 Å². The van der Waals surface area contributed by atoms with Crippen molar-refractivity contribution in [2.24, 2.45) is 11.8 Å². The topological polar surface area (TPSA) is 99.0 Å². The fraction of sp³-hybridized carbons (Fsp3) is 0.556. The summed E-state index contributed by atoms with van der Waals surface area (Å²) in [5, 5.41) is 12.8. The third kappa shape index (κ3) is 5.38. The van der Waals surface area contributed by atoms with Crippen molar-refractivity contribution in [3.05, 3.63) is 45.7 Å². The van der Waals surface area contributed by atoms with Crippen molar-refractivity contribution in [3.63, 3.8) is 0 Å². The Bertz CT molecular complexity index is 1110. The van der Waals surface area contributed by atoms with Gasteiger partial charge in [0.05, 0.1) is 25.3 Å². The number of carboxylic acids is 1. The van der Waals surface area contributed by atoms with Gasteiger partial charge in [-0.2, -0.15) is 0 Å². The lowest BCUT2D eigenvalue weighted by molar-refractivity contribution is -0.144. The highest BCUT2D eigenvalue weighted by molar-refractivity contribution is 5.72. The molecule has 1 aromatic carbocycles. The minimum Gasteiger partial charge on any atom is -0.493 e. The molecule has 4 rings (SSSR count).